The lowest BCUT2D eigenvalue weighted by Crippen LogP contribution is -2.55. The standard InChI is InChI=1S/C44H55N5O6Si/c1-6-24-47-37-19-14-32(48-29-49(31-11-8-7-9-12-31)43(41(48)52)20-22-45-23-21-43)26-36(37)44(42(47)53)30(2)40(56(4,5)35-17-15-34(54-3)16-18-35)38(55-44)27-39(51)46-25-10-13-33(46)28-50/h6-9,11-12,14-19,26,30,33,38,40,45,50H,1,10,13,20-25,27-29H2,2-5H3/t30-,33+,38+,40-,44+/m1/s1. The van der Waals surface area contributed by atoms with Gasteiger partial charge in [0, 0.05) is 35.9 Å². The second kappa shape index (κ2) is 14.8. The molecule has 3 aromatic carbocycles. The van der Waals surface area contributed by atoms with E-state index in [0.717, 1.165) is 54.3 Å². The molecule has 0 unspecified atom stereocenters. The largest absolute Gasteiger partial charge is 0.497 e. The number of rotatable bonds is 10. The molecule has 11 nitrogen and oxygen atoms in total. The van der Waals surface area contributed by atoms with E-state index in [1.54, 1.807) is 23.0 Å². The number of nitrogens with one attached hydrogen (secondary N) is 1. The maximum absolute atomic E-state index is 15.2. The number of fused-ring (bicyclic) bond motifs is 2. The van der Waals surface area contributed by atoms with E-state index in [1.165, 1.54) is 5.19 Å². The average Bonchev–Trinajstić information content (AvgIpc) is 3.95. The van der Waals surface area contributed by atoms with Gasteiger partial charge in [-0.25, -0.2) is 0 Å². The summed E-state index contributed by atoms with van der Waals surface area (Å²) >= 11 is 0. The predicted molar refractivity (Wildman–Crippen MR) is 221 cm³/mol. The zero-order valence-electron chi connectivity index (χ0n) is 33.1. The van der Waals surface area contributed by atoms with Gasteiger partial charge in [0.05, 0.1) is 52.7 Å². The number of likely N-dealkylation sites (tertiary alicyclic amines) is 1. The molecule has 12 heteroatoms. The fourth-order valence-corrected chi connectivity index (χ4v) is 14.8. The van der Waals surface area contributed by atoms with E-state index in [4.69, 9.17) is 9.47 Å². The number of methoxy groups -OCH3 is 1. The van der Waals surface area contributed by atoms with Crippen molar-refractivity contribution in [2.75, 3.05) is 61.3 Å². The number of aliphatic hydroxyl groups excluding tert-OH is 1. The van der Waals surface area contributed by atoms with Gasteiger partial charge in [0.25, 0.3) is 11.8 Å². The van der Waals surface area contributed by atoms with Crippen LogP contribution < -0.4 is 29.9 Å². The van der Waals surface area contributed by atoms with Gasteiger partial charge in [-0.3, -0.25) is 19.3 Å². The number of hydrogen-bond acceptors (Lipinski definition) is 8. The van der Waals surface area contributed by atoms with E-state index < -0.39 is 25.3 Å². The summed E-state index contributed by atoms with van der Waals surface area (Å²) in [6.45, 7) is 13.4. The monoisotopic (exact) mass is 777 g/mol. The highest BCUT2D eigenvalue weighted by molar-refractivity contribution is 6.91. The highest BCUT2D eigenvalue weighted by atomic mass is 28.3. The van der Waals surface area contributed by atoms with E-state index in [0.29, 0.717) is 32.6 Å². The molecule has 4 fully saturated rings. The third kappa shape index (κ3) is 5.90. The smallest absolute Gasteiger partial charge is 0.264 e. The van der Waals surface area contributed by atoms with E-state index in [9.17, 15) is 14.7 Å². The number of anilines is 3. The molecule has 5 aliphatic rings. The van der Waals surface area contributed by atoms with Crippen LogP contribution in [-0.2, 0) is 24.7 Å². The molecule has 4 saturated heterocycles. The molecular weight excluding hydrogens is 723 g/mol. The van der Waals surface area contributed by atoms with Crippen LogP contribution in [0.2, 0.25) is 18.6 Å². The predicted octanol–water partition coefficient (Wildman–Crippen LogP) is 4.75. The van der Waals surface area contributed by atoms with Gasteiger partial charge < -0.3 is 34.6 Å². The Balaban J connectivity index is 1.23. The number of benzene rings is 3. The second-order valence-corrected chi connectivity index (χ2v) is 21.4. The van der Waals surface area contributed by atoms with Gasteiger partial charge >= 0.3 is 0 Å². The van der Waals surface area contributed by atoms with Gasteiger partial charge in [-0.15, -0.1) is 6.58 Å². The van der Waals surface area contributed by atoms with Crippen molar-refractivity contribution in [3.8, 4) is 5.75 Å². The van der Waals surface area contributed by atoms with Crippen molar-refractivity contribution in [3.63, 3.8) is 0 Å². The van der Waals surface area contributed by atoms with Crippen LogP contribution in [0.3, 0.4) is 0 Å². The van der Waals surface area contributed by atoms with Crippen LogP contribution in [0, 0.1) is 5.92 Å². The summed E-state index contributed by atoms with van der Waals surface area (Å²) in [7, 11) is -0.863. The number of nitrogens with zero attached hydrogens (tertiary/aromatic N) is 4. The number of para-hydroxylation sites is 1. The highest BCUT2D eigenvalue weighted by Crippen LogP contribution is 2.60. The number of hydrogen-bond donors (Lipinski definition) is 2. The normalized spacial score (nSPS) is 27.2. The fraction of sp³-hybridized carbons (Fsp3) is 0.477. The van der Waals surface area contributed by atoms with E-state index in [2.05, 4.69) is 61.1 Å². The van der Waals surface area contributed by atoms with Crippen LogP contribution in [0.5, 0.6) is 5.75 Å². The summed E-state index contributed by atoms with van der Waals surface area (Å²) in [6.07, 6.45) is 4.26. The Morgan fingerprint density at radius 2 is 1.77 bits per heavy atom. The quantitative estimate of drug-likeness (QED) is 0.224. The summed E-state index contributed by atoms with van der Waals surface area (Å²) in [5, 5.41) is 14.8. The Kier molecular flexibility index (Phi) is 10.1. The van der Waals surface area contributed by atoms with Crippen molar-refractivity contribution in [2.45, 2.75) is 80.9 Å². The zero-order chi connectivity index (χ0) is 39.4. The second-order valence-electron chi connectivity index (χ2n) is 16.8. The molecule has 2 N–H and O–H groups in total. The van der Waals surface area contributed by atoms with Crippen LogP contribution in [0.4, 0.5) is 17.1 Å². The summed E-state index contributed by atoms with van der Waals surface area (Å²) in [6, 6.07) is 24.1. The van der Waals surface area contributed by atoms with Crippen LogP contribution in [0.25, 0.3) is 0 Å². The van der Waals surface area contributed by atoms with Crippen molar-refractivity contribution in [1.29, 1.82) is 0 Å². The van der Waals surface area contributed by atoms with Gasteiger partial charge in [-0.2, -0.15) is 0 Å². The van der Waals surface area contributed by atoms with E-state index >= 15 is 4.79 Å². The lowest BCUT2D eigenvalue weighted by atomic mass is 9.82. The minimum Gasteiger partial charge on any atom is -0.497 e. The van der Waals surface area contributed by atoms with Gasteiger partial charge in [0.2, 0.25) is 5.91 Å². The topological polar surface area (TPSA) is 115 Å². The Morgan fingerprint density at radius 3 is 2.45 bits per heavy atom. The molecule has 0 radical (unpaired) electrons. The molecule has 0 bridgehead atoms. The molecule has 0 aliphatic carbocycles. The molecule has 296 valence electrons. The van der Waals surface area contributed by atoms with E-state index in [1.807, 2.05) is 53.4 Å². The maximum atomic E-state index is 15.2. The SMILES string of the molecule is C=CCN1C(=O)[C@@]2(O[C@@H](CC(=O)N3CCC[C@H]3CO)[C@H]([Si](C)(C)c3ccc(OC)cc3)[C@H]2C)c2cc(N3CN(c4ccccc4)C4(CCNCC4)C3=O)ccc21. The van der Waals surface area contributed by atoms with Gasteiger partial charge in [-0.1, -0.05) is 61.6 Å². The van der Waals surface area contributed by atoms with Crippen LogP contribution in [-0.4, -0.2) is 100 Å². The first kappa shape index (κ1) is 38.4. The molecule has 3 amide bonds. The summed E-state index contributed by atoms with van der Waals surface area (Å²) in [5.74, 6) is 0.280. The van der Waals surface area contributed by atoms with Gasteiger partial charge in [0.15, 0.2) is 5.60 Å². The van der Waals surface area contributed by atoms with Gasteiger partial charge in [-0.05, 0) is 86.8 Å². The molecule has 8 rings (SSSR count). The third-order valence-corrected chi connectivity index (χ3v) is 18.0. The van der Waals surface area contributed by atoms with Crippen molar-refractivity contribution < 1.29 is 29.0 Å². The summed E-state index contributed by atoms with van der Waals surface area (Å²) in [5.41, 5.74) is 0.981. The average molecular weight is 778 g/mol. The summed E-state index contributed by atoms with van der Waals surface area (Å²) < 4.78 is 12.8. The molecule has 0 saturated carbocycles. The van der Waals surface area contributed by atoms with Crippen molar-refractivity contribution in [2.24, 2.45) is 5.92 Å². The lowest BCUT2D eigenvalue weighted by molar-refractivity contribution is -0.149. The minimum absolute atomic E-state index is 0.0568. The van der Waals surface area contributed by atoms with Crippen molar-refractivity contribution in [3.05, 3.63) is 91.0 Å². The number of amides is 3. The number of carbonyl (C=O) groups excluding carboxylic acids is 3. The number of aliphatic hydroxyl groups is 1. The molecule has 56 heavy (non-hydrogen) atoms. The molecule has 5 atom stereocenters. The van der Waals surface area contributed by atoms with E-state index in [-0.39, 0.29) is 48.3 Å². The Hall–Kier alpha value is -4.49. The Bertz CT molecular complexity index is 1990. The molecule has 0 aromatic heterocycles. The first-order valence-corrected chi connectivity index (χ1v) is 23.2. The highest BCUT2D eigenvalue weighted by Gasteiger charge is 2.67. The first-order chi connectivity index (χ1) is 27.0. The van der Waals surface area contributed by atoms with Crippen LogP contribution in [0.1, 0.15) is 44.6 Å². The zero-order valence-corrected chi connectivity index (χ0v) is 34.1. The Morgan fingerprint density at radius 1 is 1.04 bits per heavy atom. The number of ether oxygens (including phenoxy) is 2. The van der Waals surface area contributed by atoms with Crippen LogP contribution >= 0.6 is 0 Å². The molecule has 3 aromatic rings. The lowest BCUT2D eigenvalue weighted by Gasteiger charge is -2.39. The minimum atomic E-state index is -2.52. The fourth-order valence-electron chi connectivity index (χ4n) is 10.8. The number of piperidine rings is 1. The third-order valence-electron chi connectivity index (χ3n) is 13.7. The van der Waals surface area contributed by atoms with Crippen molar-refractivity contribution in [1.82, 2.24) is 10.2 Å². The van der Waals surface area contributed by atoms with Gasteiger partial charge in [0.1, 0.15) is 11.3 Å². The number of carbonyl (C=O) groups is 3. The maximum Gasteiger partial charge on any atom is 0.264 e. The van der Waals surface area contributed by atoms with Crippen molar-refractivity contribution >= 4 is 48.0 Å². The Labute approximate surface area is 331 Å². The first-order valence-electron chi connectivity index (χ1n) is 20.2. The molecule has 5 heterocycles. The molecule has 5 aliphatic heterocycles. The molecular formula is C44H55N5O6Si. The van der Waals surface area contributed by atoms with Crippen LogP contribution in [0.15, 0.2) is 85.5 Å². The molecule has 2 spiro atoms. The summed E-state index contributed by atoms with van der Waals surface area (Å²) in [4.78, 5) is 51.8.